The van der Waals surface area contributed by atoms with Crippen molar-refractivity contribution in [1.82, 2.24) is 4.98 Å². The van der Waals surface area contributed by atoms with Crippen LogP contribution in [-0.2, 0) is 13.0 Å². The van der Waals surface area contributed by atoms with Crippen molar-refractivity contribution in [2.45, 2.75) is 13.0 Å². The van der Waals surface area contributed by atoms with E-state index in [9.17, 15) is 0 Å². The number of pyridine rings is 1. The van der Waals surface area contributed by atoms with Crippen LogP contribution in [0.2, 0.25) is 0 Å². The molecule has 0 amide bonds. The maximum absolute atomic E-state index is 5.66. The molecule has 0 aliphatic carbocycles. The lowest BCUT2D eigenvalue weighted by Crippen LogP contribution is -2.02. The second kappa shape index (κ2) is 4.71. The molecule has 75 valence electrons. The summed E-state index contributed by atoms with van der Waals surface area (Å²) in [5.41, 5.74) is 9.11. The summed E-state index contributed by atoms with van der Waals surface area (Å²) < 4.78 is 0. The van der Waals surface area contributed by atoms with Crippen molar-refractivity contribution in [3.63, 3.8) is 0 Å². The van der Waals surface area contributed by atoms with Crippen LogP contribution in [0, 0.1) is 6.07 Å². The number of nitrogens with zero attached hydrogens (tertiary/aromatic N) is 1. The van der Waals surface area contributed by atoms with Crippen LogP contribution in [0.3, 0.4) is 0 Å². The van der Waals surface area contributed by atoms with Crippen molar-refractivity contribution in [1.29, 1.82) is 0 Å². The molecule has 0 bridgehead atoms. The maximum atomic E-state index is 5.66. The van der Waals surface area contributed by atoms with Gasteiger partial charge in [0.05, 0.1) is 0 Å². The molecule has 0 atom stereocenters. The molecule has 1 aromatic heterocycles. The minimum absolute atomic E-state index is 0.555. The Balaban J connectivity index is 2.24. The molecule has 0 aliphatic heterocycles. The molecule has 0 spiro atoms. The second-order valence-corrected chi connectivity index (χ2v) is 3.40. The number of hydrogen-bond acceptors (Lipinski definition) is 2. The highest BCUT2D eigenvalue weighted by molar-refractivity contribution is 5.30. The molecule has 1 radical (unpaired) electrons. The number of rotatable bonds is 3. The lowest BCUT2D eigenvalue weighted by Gasteiger charge is -2.06. The standard InChI is InChI=1S/C13H13N2/c14-10-12-6-2-1-5-11(12)9-13-7-3-4-8-15-13/h1,3-8H,9-10,14H2. The van der Waals surface area contributed by atoms with Gasteiger partial charge in [0.25, 0.3) is 0 Å². The van der Waals surface area contributed by atoms with Gasteiger partial charge in [-0.05, 0) is 35.4 Å². The number of nitrogens with two attached hydrogens (primary N) is 1. The zero-order chi connectivity index (χ0) is 10.5. The van der Waals surface area contributed by atoms with E-state index in [1.165, 1.54) is 5.56 Å². The van der Waals surface area contributed by atoms with Crippen LogP contribution in [0.15, 0.2) is 42.6 Å². The smallest absolute Gasteiger partial charge is 0.0447 e. The Hall–Kier alpha value is -1.67. The van der Waals surface area contributed by atoms with Crippen LogP contribution in [0.4, 0.5) is 0 Å². The Labute approximate surface area is 89.8 Å². The van der Waals surface area contributed by atoms with E-state index in [0.717, 1.165) is 17.7 Å². The SMILES string of the molecule is NCc1c[c]ccc1Cc1ccccn1. The summed E-state index contributed by atoms with van der Waals surface area (Å²) >= 11 is 0. The monoisotopic (exact) mass is 197 g/mol. The molecule has 2 aromatic rings. The quantitative estimate of drug-likeness (QED) is 0.816. The van der Waals surface area contributed by atoms with Crippen LogP contribution in [-0.4, -0.2) is 4.98 Å². The summed E-state index contributed by atoms with van der Waals surface area (Å²) in [5, 5.41) is 0. The summed E-state index contributed by atoms with van der Waals surface area (Å²) in [5.74, 6) is 0. The van der Waals surface area contributed by atoms with Crippen LogP contribution in [0.1, 0.15) is 16.8 Å². The van der Waals surface area contributed by atoms with Crippen molar-refractivity contribution in [3.05, 3.63) is 65.5 Å². The molecule has 15 heavy (non-hydrogen) atoms. The van der Waals surface area contributed by atoms with Crippen molar-refractivity contribution < 1.29 is 0 Å². The normalized spacial score (nSPS) is 10.2. The minimum Gasteiger partial charge on any atom is -0.326 e. The van der Waals surface area contributed by atoms with Gasteiger partial charge in [-0.25, -0.2) is 0 Å². The Morgan fingerprint density at radius 3 is 2.87 bits per heavy atom. The topological polar surface area (TPSA) is 38.9 Å². The maximum Gasteiger partial charge on any atom is 0.0447 e. The van der Waals surface area contributed by atoms with Gasteiger partial charge in [0.1, 0.15) is 0 Å². The zero-order valence-electron chi connectivity index (χ0n) is 8.48. The van der Waals surface area contributed by atoms with E-state index in [4.69, 9.17) is 5.73 Å². The highest BCUT2D eigenvalue weighted by Gasteiger charge is 2.01. The van der Waals surface area contributed by atoms with Crippen molar-refractivity contribution in [2.24, 2.45) is 5.73 Å². The highest BCUT2D eigenvalue weighted by Crippen LogP contribution is 2.11. The van der Waals surface area contributed by atoms with Crippen molar-refractivity contribution in [2.75, 3.05) is 0 Å². The third-order valence-corrected chi connectivity index (χ3v) is 2.37. The summed E-state index contributed by atoms with van der Waals surface area (Å²) in [6.07, 6.45) is 2.65. The summed E-state index contributed by atoms with van der Waals surface area (Å²) in [4.78, 5) is 4.30. The fraction of sp³-hybridized carbons (Fsp3) is 0.154. The van der Waals surface area contributed by atoms with Gasteiger partial charge in [0.15, 0.2) is 0 Å². The van der Waals surface area contributed by atoms with Gasteiger partial charge in [0, 0.05) is 24.9 Å². The average molecular weight is 197 g/mol. The third kappa shape index (κ3) is 2.42. The molecule has 0 aliphatic rings. The fourth-order valence-corrected chi connectivity index (χ4v) is 1.56. The Morgan fingerprint density at radius 1 is 1.20 bits per heavy atom. The summed E-state index contributed by atoms with van der Waals surface area (Å²) in [6, 6.07) is 14.9. The molecular weight excluding hydrogens is 184 g/mol. The predicted octanol–water partition coefficient (Wildman–Crippen LogP) is 1.93. The van der Waals surface area contributed by atoms with E-state index in [1.807, 2.05) is 36.5 Å². The highest BCUT2D eigenvalue weighted by atomic mass is 14.7. The van der Waals surface area contributed by atoms with Gasteiger partial charge < -0.3 is 5.73 Å². The number of aromatic nitrogens is 1. The van der Waals surface area contributed by atoms with Gasteiger partial charge in [-0.3, -0.25) is 4.98 Å². The molecular formula is C13H13N2. The average Bonchev–Trinajstić information content (AvgIpc) is 2.31. The second-order valence-electron chi connectivity index (χ2n) is 3.40. The Bertz CT molecular complexity index is 424. The first-order chi connectivity index (χ1) is 7.40. The Kier molecular flexibility index (Phi) is 3.10. The number of hydrogen-bond donors (Lipinski definition) is 1. The van der Waals surface area contributed by atoms with E-state index in [2.05, 4.69) is 17.1 Å². The van der Waals surface area contributed by atoms with E-state index < -0.39 is 0 Å². The van der Waals surface area contributed by atoms with Gasteiger partial charge in [0.2, 0.25) is 0 Å². The van der Waals surface area contributed by atoms with E-state index >= 15 is 0 Å². The van der Waals surface area contributed by atoms with Crippen LogP contribution >= 0.6 is 0 Å². The molecule has 2 heteroatoms. The van der Waals surface area contributed by atoms with Gasteiger partial charge in [-0.2, -0.15) is 0 Å². The molecule has 2 N–H and O–H groups in total. The van der Waals surface area contributed by atoms with Crippen LogP contribution < -0.4 is 5.73 Å². The Morgan fingerprint density at radius 2 is 2.13 bits per heavy atom. The third-order valence-electron chi connectivity index (χ3n) is 2.37. The van der Waals surface area contributed by atoms with Crippen molar-refractivity contribution in [3.8, 4) is 0 Å². The largest absolute Gasteiger partial charge is 0.326 e. The molecule has 0 unspecified atom stereocenters. The zero-order valence-corrected chi connectivity index (χ0v) is 8.48. The van der Waals surface area contributed by atoms with E-state index in [-0.39, 0.29) is 0 Å². The first kappa shape index (κ1) is 9.87. The lowest BCUT2D eigenvalue weighted by atomic mass is 10.0. The van der Waals surface area contributed by atoms with E-state index in [1.54, 1.807) is 0 Å². The van der Waals surface area contributed by atoms with E-state index in [0.29, 0.717) is 6.54 Å². The lowest BCUT2D eigenvalue weighted by molar-refractivity contribution is 0.994. The first-order valence-electron chi connectivity index (χ1n) is 4.98. The van der Waals surface area contributed by atoms with Crippen LogP contribution in [0.5, 0.6) is 0 Å². The molecule has 1 heterocycles. The van der Waals surface area contributed by atoms with Gasteiger partial charge in [-0.1, -0.05) is 18.2 Å². The van der Waals surface area contributed by atoms with Gasteiger partial charge in [-0.15, -0.1) is 0 Å². The van der Waals surface area contributed by atoms with Gasteiger partial charge >= 0.3 is 0 Å². The predicted molar refractivity (Wildman–Crippen MR) is 60.2 cm³/mol. The number of benzene rings is 1. The fourth-order valence-electron chi connectivity index (χ4n) is 1.56. The molecule has 1 aromatic carbocycles. The summed E-state index contributed by atoms with van der Waals surface area (Å²) in [6.45, 7) is 0.555. The van der Waals surface area contributed by atoms with Crippen molar-refractivity contribution >= 4 is 0 Å². The molecule has 0 fully saturated rings. The first-order valence-corrected chi connectivity index (χ1v) is 4.98. The minimum atomic E-state index is 0.555. The molecule has 2 nitrogen and oxygen atoms in total. The van der Waals surface area contributed by atoms with Crippen LogP contribution in [0.25, 0.3) is 0 Å². The molecule has 0 saturated heterocycles. The summed E-state index contributed by atoms with van der Waals surface area (Å²) in [7, 11) is 0. The molecule has 0 saturated carbocycles. The molecule has 2 rings (SSSR count).